The van der Waals surface area contributed by atoms with Crippen LogP contribution in [0.25, 0.3) is 21.9 Å². The Balaban J connectivity index is 2.32. The lowest BCUT2D eigenvalue weighted by Gasteiger charge is -2.10. The van der Waals surface area contributed by atoms with Crippen LogP contribution in [-0.2, 0) is 0 Å². The third kappa shape index (κ3) is 2.22. The fourth-order valence-corrected chi connectivity index (χ4v) is 2.59. The summed E-state index contributed by atoms with van der Waals surface area (Å²) in [5.74, 6) is -0.0901. The first-order chi connectivity index (χ1) is 9.15. The van der Waals surface area contributed by atoms with Gasteiger partial charge in [0, 0.05) is 10.0 Å². The zero-order valence-electron chi connectivity index (χ0n) is 9.90. The monoisotopic (exact) mass is 316 g/mol. The van der Waals surface area contributed by atoms with Crippen molar-refractivity contribution in [2.45, 2.75) is 0 Å². The number of aromatic hydroxyl groups is 1. The van der Waals surface area contributed by atoms with Crippen LogP contribution in [0.4, 0.5) is 4.39 Å². The lowest BCUT2D eigenvalue weighted by molar-refractivity contribution is 0.478. The summed E-state index contributed by atoms with van der Waals surface area (Å²) in [6, 6.07) is 15.5. The number of fused-ring (bicyclic) bond motifs is 1. The molecule has 0 atom stereocenters. The Kier molecular flexibility index (Phi) is 2.99. The summed E-state index contributed by atoms with van der Waals surface area (Å²) in [5, 5.41) is 12.1. The lowest BCUT2D eigenvalue weighted by atomic mass is 9.97. The first-order valence-electron chi connectivity index (χ1n) is 5.82. The number of hydrogen-bond donors (Lipinski definition) is 1. The molecule has 3 aromatic carbocycles. The van der Waals surface area contributed by atoms with Crippen molar-refractivity contribution in [1.82, 2.24) is 0 Å². The van der Waals surface area contributed by atoms with Gasteiger partial charge in [-0.3, -0.25) is 0 Å². The number of halogens is 2. The summed E-state index contributed by atoms with van der Waals surface area (Å²) in [4.78, 5) is 0. The first-order valence-corrected chi connectivity index (χ1v) is 6.61. The minimum Gasteiger partial charge on any atom is -0.507 e. The molecule has 0 heterocycles. The molecular formula is C16H10BrFO. The predicted octanol–water partition coefficient (Wildman–Crippen LogP) is 5.11. The molecule has 0 spiro atoms. The highest BCUT2D eigenvalue weighted by Crippen LogP contribution is 2.37. The summed E-state index contributed by atoms with van der Waals surface area (Å²) < 4.78 is 14.0. The SMILES string of the molecule is Oc1ccc2cc(Br)ccc2c1-c1ccc(F)cc1. The van der Waals surface area contributed by atoms with E-state index >= 15 is 0 Å². The molecule has 1 N–H and O–H groups in total. The van der Waals surface area contributed by atoms with Gasteiger partial charge in [-0.15, -0.1) is 0 Å². The molecular weight excluding hydrogens is 307 g/mol. The summed E-state index contributed by atoms with van der Waals surface area (Å²) >= 11 is 3.43. The number of rotatable bonds is 1. The fraction of sp³-hybridized carbons (Fsp3) is 0. The van der Waals surface area contributed by atoms with E-state index in [2.05, 4.69) is 15.9 Å². The summed E-state index contributed by atoms with van der Waals surface area (Å²) in [6.07, 6.45) is 0. The van der Waals surface area contributed by atoms with Gasteiger partial charge in [-0.25, -0.2) is 4.39 Å². The number of phenols is 1. The Morgan fingerprint density at radius 2 is 1.63 bits per heavy atom. The van der Waals surface area contributed by atoms with E-state index < -0.39 is 0 Å². The fourth-order valence-electron chi connectivity index (χ4n) is 2.21. The van der Waals surface area contributed by atoms with E-state index in [4.69, 9.17) is 0 Å². The normalized spacial score (nSPS) is 10.8. The molecule has 0 aliphatic carbocycles. The quantitative estimate of drug-likeness (QED) is 0.661. The van der Waals surface area contributed by atoms with Gasteiger partial charge in [0.05, 0.1) is 0 Å². The molecule has 0 aliphatic rings. The van der Waals surface area contributed by atoms with Crippen LogP contribution in [0, 0.1) is 5.82 Å². The zero-order chi connectivity index (χ0) is 13.4. The van der Waals surface area contributed by atoms with Gasteiger partial charge in [-0.1, -0.05) is 40.2 Å². The molecule has 0 saturated carbocycles. The topological polar surface area (TPSA) is 20.2 Å². The highest BCUT2D eigenvalue weighted by Gasteiger charge is 2.09. The summed E-state index contributed by atoms with van der Waals surface area (Å²) in [7, 11) is 0. The van der Waals surface area contributed by atoms with Gasteiger partial charge >= 0.3 is 0 Å². The maximum Gasteiger partial charge on any atom is 0.124 e. The van der Waals surface area contributed by atoms with Crippen LogP contribution in [0.5, 0.6) is 5.75 Å². The maximum atomic E-state index is 13.0. The van der Waals surface area contributed by atoms with Crippen LogP contribution in [0.3, 0.4) is 0 Å². The molecule has 94 valence electrons. The van der Waals surface area contributed by atoms with Gasteiger partial charge in [0.2, 0.25) is 0 Å². The summed E-state index contributed by atoms with van der Waals surface area (Å²) in [5.41, 5.74) is 1.52. The molecule has 19 heavy (non-hydrogen) atoms. The standard InChI is InChI=1S/C16H10BrFO/c17-12-4-7-14-11(9-12)3-8-15(19)16(14)10-1-5-13(18)6-2-10/h1-9,19H. The van der Waals surface area contributed by atoms with E-state index in [-0.39, 0.29) is 11.6 Å². The highest BCUT2D eigenvalue weighted by molar-refractivity contribution is 9.10. The molecule has 0 unspecified atom stereocenters. The molecule has 3 heteroatoms. The molecule has 0 aromatic heterocycles. The van der Waals surface area contributed by atoms with E-state index in [1.54, 1.807) is 18.2 Å². The Morgan fingerprint density at radius 1 is 0.895 bits per heavy atom. The molecule has 0 amide bonds. The molecule has 0 fully saturated rings. The van der Waals surface area contributed by atoms with Gasteiger partial charge in [0.15, 0.2) is 0 Å². The van der Waals surface area contributed by atoms with Crippen molar-refractivity contribution in [1.29, 1.82) is 0 Å². The molecule has 0 saturated heterocycles. The molecule has 0 radical (unpaired) electrons. The number of phenolic OH excluding ortho intramolecular Hbond substituents is 1. The van der Waals surface area contributed by atoms with Crippen molar-refractivity contribution in [3.63, 3.8) is 0 Å². The largest absolute Gasteiger partial charge is 0.507 e. The molecule has 1 nitrogen and oxygen atoms in total. The van der Waals surface area contributed by atoms with Crippen molar-refractivity contribution >= 4 is 26.7 Å². The Hall–Kier alpha value is -1.87. The first kappa shape index (κ1) is 12.2. The van der Waals surface area contributed by atoms with Crippen molar-refractivity contribution in [3.8, 4) is 16.9 Å². The van der Waals surface area contributed by atoms with Crippen LogP contribution in [0.1, 0.15) is 0 Å². The second kappa shape index (κ2) is 4.67. The van der Waals surface area contributed by atoms with Gasteiger partial charge in [-0.05, 0) is 46.7 Å². The van der Waals surface area contributed by atoms with Gasteiger partial charge < -0.3 is 5.11 Å². The van der Waals surface area contributed by atoms with Crippen LogP contribution in [0.15, 0.2) is 59.1 Å². The summed E-state index contributed by atoms with van der Waals surface area (Å²) in [6.45, 7) is 0. The van der Waals surface area contributed by atoms with Gasteiger partial charge in [-0.2, -0.15) is 0 Å². The minimum absolute atomic E-state index is 0.196. The Morgan fingerprint density at radius 3 is 2.37 bits per heavy atom. The highest BCUT2D eigenvalue weighted by atomic mass is 79.9. The molecule has 0 aliphatic heterocycles. The van der Waals surface area contributed by atoms with Crippen LogP contribution in [-0.4, -0.2) is 5.11 Å². The Labute approximate surface area is 118 Å². The van der Waals surface area contributed by atoms with Crippen LogP contribution < -0.4 is 0 Å². The minimum atomic E-state index is -0.286. The number of hydrogen-bond acceptors (Lipinski definition) is 1. The van der Waals surface area contributed by atoms with E-state index in [1.165, 1.54) is 12.1 Å². The Bertz CT molecular complexity index is 751. The molecule has 0 bridgehead atoms. The third-order valence-electron chi connectivity index (χ3n) is 3.09. The van der Waals surface area contributed by atoms with E-state index in [1.807, 2.05) is 24.3 Å². The van der Waals surface area contributed by atoms with E-state index in [9.17, 15) is 9.50 Å². The van der Waals surface area contributed by atoms with Crippen molar-refractivity contribution in [2.75, 3.05) is 0 Å². The molecule has 3 rings (SSSR count). The number of benzene rings is 3. The van der Waals surface area contributed by atoms with E-state index in [0.29, 0.717) is 0 Å². The predicted molar refractivity (Wildman–Crippen MR) is 78.7 cm³/mol. The van der Waals surface area contributed by atoms with Crippen LogP contribution in [0.2, 0.25) is 0 Å². The maximum absolute atomic E-state index is 13.0. The average Bonchev–Trinajstić information content (AvgIpc) is 2.40. The van der Waals surface area contributed by atoms with Crippen molar-refractivity contribution < 1.29 is 9.50 Å². The average molecular weight is 317 g/mol. The van der Waals surface area contributed by atoms with Crippen molar-refractivity contribution in [2.24, 2.45) is 0 Å². The molecule has 3 aromatic rings. The zero-order valence-corrected chi connectivity index (χ0v) is 11.5. The van der Waals surface area contributed by atoms with Crippen molar-refractivity contribution in [3.05, 3.63) is 64.9 Å². The smallest absolute Gasteiger partial charge is 0.124 e. The third-order valence-corrected chi connectivity index (χ3v) is 3.59. The van der Waals surface area contributed by atoms with Gasteiger partial charge in [0.25, 0.3) is 0 Å². The van der Waals surface area contributed by atoms with Crippen LogP contribution >= 0.6 is 15.9 Å². The van der Waals surface area contributed by atoms with Gasteiger partial charge in [0.1, 0.15) is 11.6 Å². The second-order valence-electron chi connectivity index (χ2n) is 4.33. The van der Waals surface area contributed by atoms with E-state index in [0.717, 1.165) is 26.4 Å². The lowest BCUT2D eigenvalue weighted by Crippen LogP contribution is -1.84. The second-order valence-corrected chi connectivity index (χ2v) is 5.25.